The van der Waals surface area contributed by atoms with Crippen molar-refractivity contribution < 1.29 is 9.84 Å². The summed E-state index contributed by atoms with van der Waals surface area (Å²) in [5.41, 5.74) is 0.405. The lowest BCUT2D eigenvalue weighted by molar-refractivity contribution is 0.0553. The lowest BCUT2D eigenvalue weighted by atomic mass is 10.1. The van der Waals surface area contributed by atoms with Crippen LogP contribution in [-0.4, -0.2) is 17.3 Å². The van der Waals surface area contributed by atoms with Crippen LogP contribution in [0.3, 0.4) is 0 Å². The predicted octanol–water partition coefficient (Wildman–Crippen LogP) is 3.44. The fourth-order valence-electron chi connectivity index (χ4n) is 1.33. The van der Waals surface area contributed by atoms with Crippen LogP contribution in [0.2, 0.25) is 5.02 Å². The summed E-state index contributed by atoms with van der Waals surface area (Å²) in [5, 5.41) is 10.3. The average Bonchev–Trinajstić information content (AvgIpc) is 2.18. The van der Waals surface area contributed by atoms with Crippen molar-refractivity contribution in [3.05, 3.63) is 28.8 Å². The van der Waals surface area contributed by atoms with Gasteiger partial charge in [-0.3, -0.25) is 0 Å². The van der Waals surface area contributed by atoms with E-state index in [-0.39, 0.29) is 0 Å². The van der Waals surface area contributed by atoms with Crippen LogP contribution in [0.1, 0.15) is 32.8 Å². The number of aliphatic hydroxyl groups is 1. The second-order valence-corrected chi connectivity index (χ2v) is 4.92. The zero-order valence-electron chi connectivity index (χ0n) is 10.1. The van der Waals surface area contributed by atoms with E-state index >= 15 is 0 Å². The summed E-state index contributed by atoms with van der Waals surface area (Å²) in [6.45, 7) is 6.11. The molecule has 0 radical (unpaired) electrons. The number of benzene rings is 1. The number of halogens is 1. The van der Waals surface area contributed by atoms with Gasteiger partial charge in [-0.15, -0.1) is 0 Å². The molecule has 2 nitrogen and oxygen atoms in total. The molecule has 0 spiro atoms. The van der Waals surface area contributed by atoms with Crippen molar-refractivity contribution in [3.63, 3.8) is 0 Å². The molecule has 0 aliphatic rings. The van der Waals surface area contributed by atoms with Crippen molar-refractivity contribution in [3.8, 4) is 5.75 Å². The van der Waals surface area contributed by atoms with Crippen LogP contribution in [0, 0.1) is 0 Å². The second kappa shape index (κ2) is 5.55. The van der Waals surface area contributed by atoms with Gasteiger partial charge in [-0.2, -0.15) is 0 Å². The van der Waals surface area contributed by atoms with Gasteiger partial charge < -0.3 is 9.84 Å². The number of ether oxygens (including phenoxy) is 1. The van der Waals surface area contributed by atoms with E-state index in [2.05, 4.69) is 6.92 Å². The Morgan fingerprint density at radius 2 is 2.06 bits per heavy atom. The molecule has 3 heteroatoms. The summed E-state index contributed by atoms with van der Waals surface area (Å²) < 4.78 is 5.56. The van der Waals surface area contributed by atoms with Crippen molar-refractivity contribution in [1.29, 1.82) is 0 Å². The van der Waals surface area contributed by atoms with Gasteiger partial charge in [-0.1, -0.05) is 18.5 Å². The predicted molar refractivity (Wildman–Crippen MR) is 67.2 cm³/mol. The SMILES string of the molecule is CCc1cc(OCCC(C)(C)O)ccc1Cl. The molecule has 0 saturated heterocycles. The van der Waals surface area contributed by atoms with Gasteiger partial charge in [0, 0.05) is 11.4 Å². The molecule has 0 amide bonds. The van der Waals surface area contributed by atoms with Crippen molar-refractivity contribution in [2.24, 2.45) is 0 Å². The first-order valence-corrected chi connectivity index (χ1v) is 5.94. The van der Waals surface area contributed by atoms with E-state index in [0.29, 0.717) is 13.0 Å². The summed E-state index contributed by atoms with van der Waals surface area (Å²) in [7, 11) is 0. The molecule has 0 aromatic heterocycles. The van der Waals surface area contributed by atoms with Crippen LogP contribution in [-0.2, 0) is 6.42 Å². The second-order valence-electron chi connectivity index (χ2n) is 4.52. The fourth-order valence-corrected chi connectivity index (χ4v) is 1.58. The molecule has 1 aromatic carbocycles. The van der Waals surface area contributed by atoms with E-state index in [0.717, 1.165) is 22.8 Å². The molecule has 0 saturated carbocycles. The molecule has 0 heterocycles. The monoisotopic (exact) mass is 242 g/mol. The molecule has 0 fully saturated rings. The summed E-state index contributed by atoms with van der Waals surface area (Å²) >= 11 is 6.01. The largest absolute Gasteiger partial charge is 0.493 e. The van der Waals surface area contributed by atoms with Gasteiger partial charge in [-0.05, 0) is 44.0 Å². The first-order chi connectivity index (χ1) is 7.42. The highest BCUT2D eigenvalue weighted by Crippen LogP contribution is 2.23. The Bertz CT molecular complexity index is 342. The van der Waals surface area contributed by atoms with E-state index < -0.39 is 5.60 Å². The quantitative estimate of drug-likeness (QED) is 0.857. The molecule has 0 aliphatic carbocycles. The first kappa shape index (κ1) is 13.3. The molecule has 0 atom stereocenters. The molecule has 0 bridgehead atoms. The summed E-state index contributed by atoms with van der Waals surface area (Å²) in [4.78, 5) is 0. The average molecular weight is 243 g/mol. The summed E-state index contributed by atoms with van der Waals surface area (Å²) in [5.74, 6) is 0.811. The lowest BCUT2D eigenvalue weighted by Crippen LogP contribution is -2.21. The van der Waals surface area contributed by atoms with Crippen molar-refractivity contribution in [1.82, 2.24) is 0 Å². The smallest absolute Gasteiger partial charge is 0.119 e. The highest BCUT2D eigenvalue weighted by atomic mass is 35.5. The number of aryl methyl sites for hydroxylation is 1. The van der Waals surface area contributed by atoms with Gasteiger partial charge >= 0.3 is 0 Å². The van der Waals surface area contributed by atoms with Crippen LogP contribution in [0.5, 0.6) is 5.75 Å². The molecule has 90 valence electrons. The Balaban J connectivity index is 2.55. The number of hydrogen-bond donors (Lipinski definition) is 1. The van der Waals surface area contributed by atoms with Crippen LogP contribution < -0.4 is 4.74 Å². The van der Waals surface area contributed by atoms with Gasteiger partial charge in [0.2, 0.25) is 0 Å². The third-order valence-corrected chi connectivity index (χ3v) is 2.75. The Hall–Kier alpha value is -0.730. The number of rotatable bonds is 5. The molecule has 0 aliphatic heterocycles. The van der Waals surface area contributed by atoms with E-state index in [4.69, 9.17) is 16.3 Å². The maximum Gasteiger partial charge on any atom is 0.119 e. The standard InChI is InChI=1S/C13H19ClO2/c1-4-10-9-11(5-6-12(10)14)16-8-7-13(2,3)15/h5-6,9,15H,4,7-8H2,1-3H3. The summed E-state index contributed by atoms with van der Waals surface area (Å²) in [6, 6.07) is 5.65. The zero-order valence-corrected chi connectivity index (χ0v) is 10.8. The maximum atomic E-state index is 9.54. The minimum absolute atomic E-state index is 0.508. The van der Waals surface area contributed by atoms with E-state index in [1.807, 2.05) is 18.2 Å². The highest BCUT2D eigenvalue weighted by molar-refractivity contribution is 6.31. The molecular weight excluding hydrogens is 224 g/mol. The van der Waals surface area contributed by atoms with Crippen LogP contribution in [0.4, 0.5) is 0 Å². The molecular formula is C13H19ClO2. The third kappa shape index (κ3) is 4.42. The zero-order chi connectivity index (χ0) is 12.2. The van der Waals surface area contributed by atoms with E-state index in [1.165, 1.54) is 0 Å². The van der Waals surface area contributed by atoms with Crippen LogP contribution in [0.25, 0.3) is 0 Å². The molecule has 1 aromatic rings. The third-order valence-electron chi connectivity index (χ3n) is 2.38. The Morgan fingerprint density at radius 3 is 2.62 bits per heavy atom. The Kier molecular flexibility index (Phi) is 4.63. The van der Waals surface area contributed by atoms with Gasteiger partial charge in [-0.25, -0.2) is 0 Å². The minimum Gasteiger partial charge on any atom is -0.493 e. The minimum atomic E-state index is -0.681. The topological polar surface area (TPSA) is 29.5 Å². The molecule has 1 rings (SSSR count). The Morgan fingerprint density at radius 1 is 1.38 bits per heavy atom. The first-order valence-electron chi connectivity index (χ1n) is 5.56. The Labute approximate surface area is 102 Å². The highest BCUT2D eigenvalue weighted by Gasteiger charge is 2.12. The van der Waals surface area contributed by atoms with E-state index in [1.54, 1.807) is 13.8 Å². The van der Waals surface area contributed by atoms with E-state index in [9.17, 15) is 5.11 Å². The van der Waals surface area contributed by atoms with Gasteiger partial charge in [0.25, 0.3) is 0 Å². The van der Waals surface area contributed by atoms with Crippen molar-refractivity contribution in [2.75, 3.05) is 6.61 Å². The molecule has 16 heavy (non-hydrogen) atoms. The van der Waals surface area contributed by atoms with Gasteiger partial charge in [0.15, 0.2) is 0 Å². The normalized spacial score (nSPS) is 11.6. The molecule has 1 N–H and O–H groups in total. The fraction of sp³-hybridized carbons (Fsp3) is 0.538. The maximum absolute atomic E-state index is 9.54. The summed E-state index contributed by atoms with van der Waals surface area (Å²) in [6.07, 6.45) is 1.50. The van der Waals surface area contributed by atoms with Crippen molar-refractivity contribution >= 4 is 11.6 Å². The van der Waals surface area contributed by atoms with Crippen LogP contribution >= 0.6 is 11.6 Å². The number of hydrogen-bond acceptors (Lipinski definition) is 2. The van der Waals surface area contributed by atoms with Crippen molar-refractivity contribution in [2.45, 2.75) is 39.2 Å². The molecule has 0 unspecified atom stereocenters. The van der Waals surface area contributed by atoms with Crippen LogP contribution in [0.15, 0.2) is 18.2 Å². The lowest BCUT2D eigenvalue weighted by Gasteiger charge is -2.17. The van der Waals surface area contributed by atoms with Gasteiger partial charge in [0.05, 0.1) is 12.2 Å². The van der Waals surface area contributed by atoms with Gasteiger partial charge in [0.1, 0.15) is 5.75 Å².